The molecule has 2 saturated carbocycles. The lowest BCUT2D eigenvalue weighted by molar-refractivity contribution is 0.532. The molecule has 2 aliphatic rings. The maximum absolute atomic E-state index is 9.45. The minimum absolute atomic E-state index is 0.276. The number of hydrogen-bond acceptors (Lipinski definition) is 4. The molecule has 0 N–H and O–H groups in total. The molecule has 0 bridgehead atoms. The molecule has 0 amide bonds. The van der Waals surface area contributed by atoms with Crippen LogP contribution in [0.3, 0.4) is 0 Å². The third-order valence-electron chi connectivity index (χ3n) is 4.53. The summed E-state index contributed by atoms with van der Waals surface area (Å²) in [5, 5.41) is 18.6. The van der Waals surface area contributed by atoms with E-state index >= 15 is 0 Å². The molecule has 0 unspecified atom stereocenters. The number of thiophene rings is 1. The molecule has 0 spiro atoms. The van der Waals surface area contributed by atoms with Crippen molar-refractivity contribution in [3.05, 3.63) is 31.0 Å². The number of halogens is 1. The lowest BCUT2D eigenvalue weighted by atomic mass is 9.88. The average Bonchev–Trinajstić information content (AvgIpc) is 3.41. The van der Waals surface area contributed by atoms with Crippen molar-refractivity contribution in [2.24, 2.45) is 0 Å². The maximum atomic E-state index is 9.45. The van der Waals surface area contributed by atoms with Gasteiger partial charge in [-0.1, -0.05) is 0 Å². The summed E-state index contributed by atoms with van der Waals surface area (Å²) in [6, 6.07) is 4.89. The van der Waals surface area contributed by atoms with Gasteiger partial charge in [-0.25, -0.2) is 0 Å². The first-order chi connectivity index (χ1) is 10.5. The second-order valence-corrected chi connectivity index (χ2v) is 9.73. The largest absolute Gasteiger partial charge is 0.311 e. The summed E-state index contributed by atoms with van der Waals surface area (Å²) in [6.07, 6.45) is 4.94. The van der Waals surface area contributed by atoms with Crippen LogP contribution in [0.4, 0.5) is 0 Å². The smallest absolute Gasteiger partial charge is 0.144 e. The molecule has 4 nitrogen and oxygen atoms in total. The van der Waals surface area contributed by atoms with Crippen molar-refractivity contribution in [2.75, 3.05) is 0 Å². The van der Waals surface area contributed by atoms with Crippen LogP contribution in [-0.2, 0) is 5.41 Å². The van der Waals surface area contributed by atoms with Crippen LogP contribution in [0, 0.1) is 14.2 Å². The molecule has 2 fully saturated rings. The van der Waals surface area contributed by atoms with Gasteiger partial charge in [-0.2, -0.15) is 5.26 Å². The van der Waals surface area contributed by atoms with E-state index in [0.29, 0.717) is 12.0 Å². The molecule has 0 saturated heterocycles. The van der Waals surface area contributed by atoms with Crippen LogP contribution in [0.15, 0.2) is 6.07 Å². The molecule has 2 aromatic heterocycles. The standard InChI is InChI=1S/C16H17IN4S/c1-16(2,13-10(8-18)7-12(17)22-13)15-20-19-14(9-3-4-9)21(15)11-5-6-11/h7,9,11H,3-6H2,1-2H3. The first-order valence-corrected chi connectivity index (χ1v) is 9.57. The van der Waals surface area contributed by atoms with Crippen molar-refractivity contribution in [1.29, 1.82) is 5.26 Å². The molecule has 22 heavy (non-hydrogen) atoms. The molecule has 114 valence electrons. The van der Waals surface area contributed by atoms with Gasteiger partial charge in [0, 0.05) is 16.8 Å². The van der Waals surface area contributed by atoms with Gasteiger partial charge in [0.25, 0.3) is 0 Å². The van der Waals surface area contributed by atoms with Gasteiger partial charge in [-0.05, 0) is 68.2 Å². The van der Waals surface area contributed by atoms with Crippen LogP contribution in [0.25, 0.3) is 0 Å². The van der Waals surface area contributed by atoms with Crippen LogP contribution in [-0.4, -0.2) is 14.8 Å². The summed E-state index contributed by atoms with van der Waals surface area (Å²) in [4.78, 5) is 1.11. The van der Waals surface area contributed by atoms with E-state index in [0.717, 1.165) is 19.1 Å². The highest BCUT2D eigenvalue weighted by Gasteiger charge is 2.41. The molecular formula is C16H17IN4S. The Labute approximate surface area is 147 Å². The molecule has 6 heteroatoms. The molecule has 0 atom stereocenters. The summed E-state index contributed by atoms with van der Waals surface area (Å²) < 4.78 is 3.54. The highest BCUT2D eigenvalue weighted by Crippen LogP contribution is 2.48. The van der Waals surface area contributed by atoms with Crippen LogP contribution in [0.1, 0.15) is 73.6 Å². The van der Waals surface area contributed by atoms with E-state index in [-0.39, 0.29) is 5.41 Å². The summed E-state index contributed by atoms with van der Waals surface area (Å²) >= 11 is 3.99. The van der Waals surface area contributed by atoms with E-state index in [2.05, 4.69) is 57.3 Å². The average molecular weight is 424 g/mol. The van der Waals surface area contributed by atoms with Crippen molar-refractivity contribution in [2.45, 2.75) is 56.9 Å². The van der Waals surface area contributed by atoms with Gasteiger partial charge in [0.05, 0.1) is 13.9 Å². The monoisotopic (exact) mass is 424 g/mol. The van der Waals surface area contributed by atoms with Gasteiger partial charge in [-0.15, -0.1) is 21.5 Å². The Morgan fingerprint density at radius 1 is 1.32 bits per heavy atom. The summed E-state index contributed by atoms with van der Waals surface area (Å²) in [5.74, 6) is 2.82. The minimum Gasteiger partial charge on any atom is -0.311 e. The third-order valence-corrected chi connectivity index (χ3v) is 6.75. The molecule has 2 aliphatic carbocycles. The van der Waals surface area contributed by atoms with Gasteiger partial charge >= 0.3 is 0 Å². The summed E-state index contributed by atoms with van der Waals surface area (Å²) in [5.41, 5.74) is 0.500. The highest BCUT2D eigenvalue weighted by molar-refractivity contribution is 14.1. The summed E-state index contributed by atoms with van der Waals surface area (Å²) in [6.45, 7) is 4.35. The quantitative estimate of drug-likeness (QED) is 0.686. The number of nitrogens with zero attached hydrogens (tertiary/aromatic N) is 4. The van der Waals surface area contributed by atoms with Gasteiger partial charge < -0.3 is 4.57 Å². The normalized spacial score (nSPS) is 18.5. The molecular weight excluding hydrogens is 407 g/mol. The Kier molecular flexibility index (Phi) is 3.35. The second kappa shape index (κ2) is 5.03. The van der Waals surface area contributed by atoms with Crippen molar-refractivity contribution < 1.29 is 0 Å². The molecule has 2 aromatic rings. The van der Waals surface area contributed by atoms with E-state index in [1.54, 1.807) is 11.3 Å². The topological polar surface area (TPSA) is 54.5 Å². The first kappa shape index (κ1) is 14.6. The lowest BCUT2D eigenvalue weighted by Gasteiger charge is -2.24. The van der Waals surface area contributed by atoms with Crippen molar-refractivity contribution in [3.8, 4) is 6.07 Å². The van der Waals surface area contributed by atoms with Gasteiger partial charge in [0.15, 0.2) is 0 Å². The van der Waals surface area contributed by atoms with E-state index < -0.39 is 0 Å². The number of hydrogen-bond donors (Lipinski definition) is 0. The van der Waals surface area contributed by atoms with Crippen molar-refractivity contribution >= 4 is 33.9 Å². The van der Waals surface area contributed by atoms with E-state index in [1.165, 1.54) is 31.5 Å². The Morgan fingerprint density at radius 2 is 2.05 bits per heavy atom. The number of nitriles is 1. The van der Waals surface area contributed by atoms with Crippen LogP contribution in [0.5, 0.6) is 0 Å². The molecule has 2 heterocycles. The molecule has 0 radical (unpaired) electrons. The molecule has 4 rings (SSSR count). The van der Waals surface area contributed by atoms with E-state index in [9.17, 15) is 5.26 Å². The fraction of sp³-hybridized carbons (Fsp3) is 0.562. The minimum atomic E-state index is -0.276. The van der Waals surface area contributed by atoms with Gasteiger partial charge in [0.1, 0.15) is 17.7 Å². The van der Waals surface area contributed by atoms with E-state index in [4.69, 9.17) is 0 Å². The van der Waals surface area contributed by atoms with Crippen LogP contribution >= 0.6 is 33.9 Å². The van der Waals surface area contributed by atoms with Crippen LogP contribution < -0.4 is 0 Å². The van der Waals surface area contributed by atoms with Crippen molar-refractivity contribution in [1.82, 2.24) is 14.8 Å². The van der Waals surface area contributed by atoms with Gasteiger partial charge in [-0.3, -0.25) is 0 Å². The Balaban J connectivity index is 1.84. The Hall–Kier alpha value is -0.940. The van der Waals surface area contributed by atoms with Crippen molar-refractivity contribution in [3.63, 3.8) is 0 Å². The van der Waals surface area contributed by atoms with E-state index in [1.807, 2.05) is 6.07 Å². The SMILES string of the molecule is CC(C)(c1sc(I)cc1C#N)c1nnc(C2CC2)n1C1CC1. The predicted molar refractivity (Wildman–Crippen MR) is 94.1 cm³/mol. The number of aromatic nitrogens is 3. The lowest BCUT2D eigenvalue weighted by Crippen LogP contribution is -2.24. The fourth-order valence-electron chi connectivity index (χ4n) is 3.05. The van der Waals surface area contributed by atoms with Gasteiger partial charge in [0.2, 0.25) is 0 Å². The fourth-order valence-corrected chi connectivity index (χ4v) is 4.96. The molecule has 0 aliphatic heterocycles. The zero-order valence-electron chi connectivity index (χ0n) is 12.6. The zero-order chi connectivity index (χ0) is 15.5. The Bertz CT molecular complexity index is 775. The zero-order valence-corrected chi connectivity index (χ0v) is 15.6. The number of rotatable bonds is 4. The first-order valence-electron chi connectivity index (χ1n) is 7.67. The Morgan fingerprint density at radius 3 is 2.64 bits per heavy atom. The maximum Gasteiger partial charge on any atom is 0.144 e. The summed E-state index contributed by atoms with van der Waals surface area (Å²) in [7, 11) is 0. The highest BCUT2D eigenvalue weighted by atomic mass is 127. The van der Waals surface area contributed by atoms with Crippen LogP contribution in [0.2, 0.25) is 0 Å². The second-order valence-electron chi connectivity index (χ2n) is 6.79. The third kappa shape index (κ3) is 2.29. The predicted octanol–water partition coefficient (Wildman–Crippen LogP) is 4.35. The molecule has 0 aromatic carbocycles.